The third kappa shape index (κ3) is 2.92. The average Bonchev–Trinajstić information content (AvgIpc) is 2.64. The lowest BCUT2D eigenvalue weighted by Crippen LogP contribution is -2.58. The fourth-order valence-electron chi connectivity index (χ4n) is 3.21. The summed E-state index contributed by atoms with van der Waals surface area (Å²) in [4.78, 5) is 29.0. The van der Waals surface area contributed by atoms with E-state index in [1.807, 2.05) is 48.2 Å². The van der Waals surface area contributed by atoms with Crippen molar-refractivity contribution in [2.45, 2.75) is 26.3 Å². The minimum Gasteiger partial charge on any atom is -0.325 e. The van der Waals surface area contributed by atoms with Crippen molar-refractivity contribution in [2.24, 2.45) is 0 Å². The van der Waals surface area contributed by atoms with Gasteiger partial charge in [-0.05, 0) is 37.1 Å². The van der Waals surface area contributed by atoms with E-state index in [9.17, 15) is 9.59 Å². The molecule has 4 nitrogen and oxygen atoms in total. The smallest absolute Gasteiger partial charge is 0.254 e. The zero-order valence-corrected chi connectivity index (χ0v) is 14.1. The zero-order valence-electron chi connectivity index (χ0n) is 14.1. The molecule has 1 atom stereocenters. The first kappa shape index (κ1) is 16.2. The quantitative estimate of drug-likeness (QED) is 0.871. The Hall–Kier alpha value is -2.62. The molecule has 3 rings (SSSR count). The lowest BCUT2D eigenvalue weighted by molar-refractivity contribution is -0.124. The van der Waals surface area contributed by atoms with Crippen LogP contribution in [0.4, 0.5) is 5.69 Å². The van der Waals surface area contributed by atoms with E-state index in [4.69, 9.17) is 0 Å². The molecule has 0 aliphatic carbocycles. The minimum absolute atomic E-state index is 0.0218. The molecule has 0 N–H and O–H groups in total. The van der Waals surface area contributed by atoms with Crippen LogP contribution in [0.5, 0.6) is 0 Å². The summed E-state index contributed by atoms with van der Waals surface area (Å²) in [6, 6.07) is 16.7. The number of amides is 2. The van der Waals surface area contributed by atoms with Crippen LogP contribution in [-0.4, -0.2) is 35.8 Å². The fraction of sp³-hybridized carbons (Fsp3) is 0.300. The molecule has 2 aromatic rings. The van der Waals surface area contributed by atoms with Gasteiger partial charge in [0.2, 0.25) is 5.91 Å². The molecule has 0 radical (unpaired) electrons. The highest BCUT2D eigenvalue weighted by molar-refractivity contribution is 6.03. The topological polar surface area (TPSA) is 40.6 Å². The van der Waals surface area contributed by atoms with E-state index in [2.05, 4.69) is 13.0 Å². The van der Waals surface area contributed by atoms with Gasteiger partial charge in [0, 0.05) is 24.3 Å². The van der Waals surface area contributed by atoms with E-state index in [0.29, 0.717) is 18.7 Å². The van der Waals surface area contributed by atoms with Crippen molar-refractivity contribution in [1.82, 2.24) is 4.90 Å². The standard InChI is InChI=1S/C20H22N2O2/c1-3-16-9-7-8-12-18(16)22-14-13-21(15(2)19(22)23)20(24)17-10-5-4-6-11-17/h4-12,15H,3,13-14H2,1-2H3/t15-/m1/s1. The number of piperazine rings is 1. The van der Waals surface area contributed by atoms with E-state index in [1.54, 1.807) is 17.0 Å². The highest BCUT2D eigenvalue weighted by Crippen LogP contribution is 2.25. The molecule has 0 spiro atoms. The molecule has 0 aromatic heterocycles. The zero-order chi connectivity index (χ0) is 17.1. The van der Waals surface area contributed by atoms with Gasteiger partial charge in [-0.15, -0.1) is 0 Å². The van der Waals surface area contributed by atoms with Crippen LogP contribution >= 0.6 is 0 Å². The van der Waals surface area contributed by atoms with Crippen molar-refractivity contribution in [1.29, 1.82) is 0 Å². The van der Waals surface area contributed by atoms with E-state index < -0.39 is 6.04 Å². The van der Waals surface area contributed by atoms with Crippen LogP contribution in [0, 0.1) is 0 Å². The molecule has 1 fully saturated rings. The van der Waals surface area contributed by atoms with Gasteiger partial charge in [0.05, 0.1) is 0 Å². The average molecular weight is 322 g/mol. The van der Waals surface area contributed by atoms with Gasteiger partial charge in [0.1, 0.15) is 6.04 Å². The number of carbonyl (C=O) groups excluding carboxylic acids is 2. The monoisotopic (exact) mass is 322 g/mol. The molecule has 124 valence electrons. The Balaban J connectivity index is 1.83. The third-order valence-electron chi connectivity index (χ3n) is 4.60. The number of hydrogen-bond acceptors (Lipinski definition) is 2. The number of carbonyl (C=O) groups is 2. The van der Waals surface area contributed by atoms with Crippen molar-refractivity contribution in [3.8, 4) is 0 Å². The van der Waals surface area contributed by atoms with Crippen molar-refractivity contribution in [3.05, 3.63) is 65.7 Å². The van der Waals surface area contributed by atoms with Gasteiger partial charge in [-0.25, -0.2) is 0 Å². The Morgan fingerprint density at radius 3 is 2.42 bits per heavy atom. The Bertz CT molecular complexity index is 742. The number of hydrogen-bond donors (Lipinski definition) is 0. The molecule has 1 saturated heterocycles. The highest BCUT2D eigenvalue weighted by Gasteiger charge is 2.35. The van der Waals surface area contributed by atoms with Gasteiger partial charge in [-0.3, -0.25) is 9.59 Å². The highest BCUT2D eigenvalue weighted by atomic mass is 16.2. The second-order valence-corrected chi connectivity index (χ2v) is 6.01. The number of para-hydroxylation sites is 1. The number of benzene rings is 2. The molecule has 4 heteroatoms. The van der Waals surface area contributed by atoms with Crippen LogP contribution < -0.4 is 4.90 Å². The van der Waals surface area contributed by atoms with Crippen LogP contribution in [-0.2, 0) is 11.2 Å². The summed E-state index contributed by atoms with van der Waals surface area (Å²) in [5.74, 6) is -0.105. The number of anilines is 1. The van der Waals surface area contributed by atoms with Gasteiger partial charge in [0.25, 0.3) is 5.91 Å². The summed E-state index contributed by atoms with van der Waals surface area (Å²) < 4.78 is 0. The van der Waals surface area contributed by atoms with Crippen molar-refractivity contribution >= 4 is 17.5 Å². The first-order valence-electron chi connectivity index (χ1n) is 8.38. The Morgan fingerprint density at radius 2 is 1.71 bits per heavy atom. The summed E-state index contributed by atoms with van der Waals surface area (Å²) in [5, 5.41) is 0. The maximum Gasteiger partial charge on any atom is 0.254 e. The molecular weight excluding hydrogens is 300 g/mol. The van der Waals surface area contributed by atoms with Crippen LogP contribution in [0.1, 0.15) is 29.8 Å². The molecule has 1 heterocycles. The summed E-state index contributed by atoms with van der Waals surface area (Å²) in [6.07, 6.45) is 0.876. The predicted octanol–water partition coefficient (Wildman–Crippen LogP) is 3.13. The molecule has 24 heavy (non-hydrogen) atoms. The Labute approximate surface area is 142 Å². The van der Waals surface area contributed by atoms with Gasteiger partial charge >= 0.3 is 0 Å². The van der Waals surface area contributed by atoms with Crippen LogP contribution in [0.3, 0.4) is 0 Å². The van der Waals surface area contributed by atoms with Crippen molar-refractivity contribution in [3.63, 3.8) is 0 Å². The lowest BCUT2D eigenvalue weighted by Gasteiger charge is -2.39. The van der Waals surface area contributed by atoms with Crippen molar-refractivity contribution < 1.29 is 9.59 Å². The Morgan fingerprint density at radius 1 is 1.04 bits per heavy atom. The number of rotatable bonds is 3. The molecule has 1 aliphatic heterocycles. The Kier molecular flexibility index (Phi) is 4.65. The molecule has 0 saturated carbocycles. The molecule has 0 unspecified atom stereocenters. The molecule has 1 aliphatic rings. The van der Waals surface area contributed by atoms with Crippen LogP contribution in [0.15, 0.2) is 54.6 Å². The largest absolute Gasteiger partial charge is 0.325 e. The molecule has 2 amide bonds. The van der Waals surface area contributed by atoms with Gasteiger partial charge < -0.3 is 9.80 Å². The lowest BCUT2D eigenvalue weighted by atomic mass is 10.1. The van der Waals surface area contributed by atoms with E-state index in [1.165, 1.54) is 0 Å². The number of aryl methyl sites for hydroxylation is 1. The van der Waals surface area contributed by atoms with E-state index in [0.717, 1.165) is 17.7 Å². The van der Waals surface area contributed by atoms with Gasteiger partial charge in [-0.1, -0.05) is 43.3 Å². The SMILES string of the molecule is CCc1ccccc1N1CCN(C(=O)c2ccccc2)[C@H](C)C1=O. The van der Waals surface area contributed by atoms with Gasteiger partial charge in [-0.2, -0.15) is 0 Å². The number of nitrogens with zero attached hydrogens (tertiary/aromatic N) is 2. The normalized spacial score (nSPS) is 17.9. The third-order valence-corrected chi connectivity index (χ3v) is 4.60. The molecular formula is C20H22N2O2. The first-order chi connectivity index (χ1) is 11.6. The first-order valence-corrected chi connectivity index (χ1v) is 8.38. The summed E-state index contributed by atoms with van der Waals surface area (Å²) in [7, 11) is 0. The predicted molar refractivity (Wildman–Crippen MR) is 95.1 cm³/mol. The molecule has 0 bridgehead atoms. The van der Waals surface area contributed by atoms with E-state index >= 15 is 0 Å². The second-order valence-electron chi connectivity index (χ2n) is 6.01. The van der Waals surface area contributed by atoms with E-state index in [-0.39, 0.29) is 11.8 Å². The van der Waals surface area contributed by atoms with Crippen LogP contribution in [0.2, 0.25) is 0 Å². The van der Waals surface area contributed by atoms with Crippen molar-refractivity contribution in [2.75, 3.05) is 18.0 Å². The van der Waals surface area contributed by atoms with Gasteiger partial charge in [0.15, 0.2) is 0 Å². The summed E-state index contributed by atoms with van der Waals surface area (Å²) in [6.45, 7) is 4.96. The minimum atomic E-state index is -0.462. The fourth-order valence-corrected chi connectivity index (χ4v) is 3.21. The second kappa shape index (κ2) is 6.87. The molecule has 2 aromatic carbocycles. The van der Waals surface area contributed by atoms with Crippen LogP contribution in [0.25, 0.3) is 0 Å². The maximum atomic E-state index is 12.9. The summed E-state index contributed by atoms with van der Waals surface area (Å²) in [5.41, 5.74) is 2.74. The maximum absolute atomic E-state index is 12.9. The summed E-state index contributed by atoms with van der Waals surface area (Å²) >= 11 is 0.